The highest BCUT2D eigenvalue weighted by atomic mass is 15.3. The molecule has 0 spiro atoms. The van der Waals surface area contributed by atoms with Gasteiger partial charge in [-0.05, 0) is 26.5 Å². The molecular formula is C8H15N3. The number of nitrogens with zero attached hydrogens (tertiary/aromatic N) is 2. The Labute approximate surface area is 67.4 Å². The number of nitrogens with one attached hydrogen (secondary N) is 1. The molecule has 62 valence electrons. The van der Waals surface area contributed by atoms with E-state index in [1.54, 1.807) is 0 Å². The van der Waals surface area contributed by atoms with Gasteiger partial charge in [-0.15, -0.1) is 0 Å². The summed E-state index contributed by atoms with van der Waals surface area (Å²) in [5, 5.41) is 7.32. The van der Waals surface area contributed by atoms with Crippen LogP contribution in [-0.4, -0.2) is 23.4 Å². The summed E-state index contributed by atoms with van der Waals surface area (Å²) in [6.07, 6.45) is 1.91. The van der Waals surface area contributed by atoms with Crippen LogP contribution >= 0.6 is 0 Å². The lowest BCUT2D eigenvalue weighted by molar-refractivity contribution is 0.571. The number of hydrogen-bond acceptors (Lipinski definition) is 2. The first kappa shape index (κ1) is 8.27. The summed E-state index contributed by atoms with van der Waals surface area (Å²) in [6.45, 7) is 6.11. The minimum absolute atomic E-state index is 0.955. The molecule has 3 nitrogen and oxygen atoms in total. The maximum atomic E-state index is 4.23. The molecule has 1 N–H and O–H groups in total. The SMILES string of the molecule is CNCCn1ncc(C)c1C. The summed E-state index contributed by atoms with van der Waals surface area (Å²) < 4.78 is 2.02. The van der Waals surface area contributed by atoms with Crippen molar-refractivity contribution in [2.75, 3.05) is 13.6 Å². The molecule has 1 rings (SSSR count). The quantitative estimate of drug-likeness (QED) is 0.693. The highest BCUT2D eigenvalue weighted by Crippen LogP contribution is 2.03. The zero-order chi connectivity index (χ0) is 8.27. The van der Waals surface area contributed by atoms with E-state index in [2.05, 4.69) is 24.3 Å². The van der Waals surface area contributed by atoms with Crippen LogP contribution in [-0.2, 0) is 6.54 Å². The van der Waals surface area contributed by atoms with Crippen molar-refractivity contribution in [1.82, 2.24) is 15.1 Å². The molecule has 0 radical (unpaired) electrons. The van der Waals surface area contributed by atoms with Crippen LogP contribution in [0.2, 0.25) is 0 Å². The number of aryl methyl sites for hydroxylation is 1. The van der Waals surface area contributed by atoms with Crippen LogP contribution in [0.5, 0.6) is 0 Å². The molecule has 0 saturated carbocycles. The Hall–Kier alpha value is -0.830. The van der Waals surface area contributed by atoms with Gasteiger partial charge < -0.3 is 5.32 Å². The van der Waals surface area contributed by atoms with E-state index in [1.807, 2.05) is 17.9 Å². The van der Waals surface area contributed by atoms with E-state index in [4.69, 9.17) is 0 Å². The van der Waals surface area contributed by atoms with E-state index in [1.165, 1.54) is 11.3 Å². The van der Waals surface area contributed by atoms with Crippen molar-refractivity contribution in [1.29, 1.82) is 0 Å². The number of likely N-dealkylation sites (N-methyl/N-ethyl adjacent to an activating group) is 1. The molecule has 3 heteroatoms. The van der Waals surface area contributed by atoms with E-state index in [9.17, 15) is 0 Å². The Morgan fingerprint density at radius 1 is 1.55 bits per heavy atom. The predicted octanol–water partition coefficient (Wildman–Crippen LogP) is 0.719. The smallest absolute Gasteiger partial charge is 0.0537 e. The van der Waals surface area contributed by atoms with Crippen molar-refractivity contribution < 1.29 is 0 Å². The molecule has 0 amide bonds. The minimum Gasteiger partial charge on any atom is -0.318 e. The lowest BCUT2D eigenvalue weighted by Crippen LogP contribution is -2.16. The predicted molar refractivity (Wildman–Crippen MR) is 45.6 cm³/mol. The molecule has 0 aliphatic heterocycles. The fourth-order valence-electron chi connectivity index (χ4n) is 0.983. The summed E-state index contributed by atoms with van der Waals surface area (Å²) in [7, 11) is 1.95. The number of hydrogen-bond donors (Lipinski definition) is 1. The average molecular weight is 153 g/mol. The molecule has 0 aliphatic rings. The van der Waals surface area contributed by atoms with Gasteiger partial charge in [0.1, 0.15) is 0 Å². The normalized spacial score (nSPS) is 10.5. The lowest BCUT2D eigenvalue weighted by atomic mass is 10.3. The van der Waals surface area contributed by atoms with Crippen LogP contribution in [0, 0.1) is 13.8 Å². The third-order valence-electron chi connectivity index (χ3n) is 1.92. The van der Waals surface area contributed by atoms with Crippen LogP contribution in [0.15, 0.2) is 6.20 Å². The van der Waals surface area contributed by atoms with Crippen LogP contribution < -0.4 is 5.32 Å². The van der Waals surface area contributed by atoms with E-state index >= 15 is 0 Å². The van der Waals surface area contributed by atoms with E-state index in [0.29, 0.717) is 0 Å². The van der Waals surface area contributed by atoms with Gasteiger partial charge in [-0.1, -0.05) is 0 Å². The van der Waals surface area contributed by atoms with Crippen molar-refractivity contribution >= 4 is 0 Å². The van der Waals surface area contributed by atoms with Crippen molar-refractivity contribution in [2.45, 2.75) is 20.4 Å². The molecule has 0 aromatic carbocycles. The highest BCUT2D eigenvalue weighted by molar-refractivity contribution is 5.12. The second-order valence-corrected chi connectivity index (χ2v) is 2.74. The first-order valence-corrected chi connectivity index (χ1v) is 3.89. The van der Waals surface area contributed by atoms with Crippen molar-refractivity contribution in [3.05, 3.63) is 17.5 Å². The fourth-order valence-corrected chi connectivity index (χ4v) is 0.983. The summed E-state index contributed by atoms with van der Waals surface area (Å²) in [5.41, 5.74) is 2.53. The molecule has 0 atom stereocenters. The van der Waals surface area contributed by atoms with Gasteiger partial charge >= 0.3 is 0 Å². The standard InChI is InChI=1S/C8H15N3/c1-7-6-10-11(8(7)2)5-4-9-3/h6,9H,4-5H2,1-3H3. The van der Waals surface area contributed by atoms with Gasteiger partial charge in [0, 0.05) is 12.2 Å². The Bertz CT molecular complexity index is 227. The lowest BCUT2D eigenvalue weighted by Gasteiger charge is -2.02. The van der Waals surface area contributed by atoms with E-state index in [-0.39, 0.29) is 0 Å². The first-order chi connectivity index (χ1) is 5.25. The Morgan fingerprint density at radius 3 is 2.73 bits per heavy atom. The Kier molecular flexibility index (Phi) is 2.65. The average Bonchev–Trinajstić information content (AvgIpc) is 2.31. The van der Waals surface area contributed by atoms with Crippen LogP contribution in [0.1, 0.15) is 11.3 Å². The number of aromatic nitrogens is 2. The van der Waals surface area contributed by atoms with Crippen molar-refractivity contribution in [3.8, 4) is 0 Å². The summed E-state index contributed by atoms with van der Waals surface area (Å²) >= 11 is 0. The van der Waals surface area contributed by atoms with E-state index < -0.39 is 0 Å². The Balaban J connectivity index is 2.63. The molecule has 0 saturated heterocycles. The number of rotatable bonds is 3. The van der Waals surface area contributed by atoms with Crippen LogP contribution in [0.4, 0.5) is 0 Å². The van der Waals surface area contributed by atoms with Crippen molar-refractivity contribution in [3.63, 3.8) is 0 Å². The zero-order valence-corrected chi connectivity index (χ0v) is 7.39. The fraction of sp³-hybridized carbons (Fsp3) is 0.625. The first-order valence-electron chi connectivity index (χ1n) is 3.89. The van der Waals surface area contributed by atoms with Gasteiger partial charge in [0.15, 0.2) is 0 Å². The van der Waals surface area contributed by atoms with Gasteiger partial charge in [0.2, 0.25) is 0 Å². The molecule has 1 heterocycles. The summed E-state index contributed by atoms with van der Waals surface area (Å²) in [4.78, 5) is 0. The van der Waals surface area contributed by atoms with Gasteiger partial charge in [-0.3, -0.25) is 4.68 Å². The van der Waals surface area contributed by atoms with Gasteiger partial charge in [-0.2, -0.15) is 5.10 Å². The van der Waals surface area contributed by atoms with Crippen molar-refractivity contribution in [2.24, 2.45) is 0 Å². The zero-order valence-electron chi connectivity index (χ0n) is 7.39. The maximum absolute atomic E-state index is 4.23. The molecule has 1 aromatic heterocycles. The topological polar surface area (TPSA) is 29.9 Å². The third-order valence-corrected chi connectivity index (χ3v) is 1.92. The highest BCUT2D eigenvalue weighted by Gasteiger charge is 1.99. The molecule has 11 heavy (non-hydrogen) atoms. The van der Waals surface area contributed by atoms with Crippen LogP contribution in [0.25, 0.3) is 0 Å². The summed E-state index contributed by atoms with van der Waals surface area (Å²) in [5.74, 6) is 0. The molecule has 0 aliphatic carbocycles. The molecule has 1 aromatic rings. The van der Waals surface area contributed by atoms with Crippen LogP contribution in [0.3, 0.4) is 0 Å². The monoisotopic (exact) mass is 153 g/mol. The Morgan fingerprint density at radius 2 is 2.27 bits per heavy atom. The molecular weight excluding hydrogens is 138 g/mol. The van der Waals surface area contributed by atoms with E-state index in [0.717, 1.165) is 13.1 Å². The largest absolute Gasteiger partial charge is 0.318 e. The van der Waals surface area contributed by atoms with Gasteiger partial charge in [0.05, 0.1) is 12.7 Å². The second-order valence-electron chi connectivity index (χ2n) is 2.74. The second kappa shape index (κ2) is 3.53. The molecule has 0 unspecified atom stereocenters. The summed E-state index contributed by atoms with van der Waals surface area (Å²) in [6, 6.07) is 0. The molecule has 0 fully saturated rings. The third kappa shape index (κ3) is 1.80. The maximum Gasteiger partial charge on any atom is 0.0537 e. The van der Waals surface area contributed by atoms with Gasteiger partial charge in [-0.25, -0.2) is 0 Å². The molecule has 0 bridgehead atoms. The minimum atomic E-state index is 0.955. The van der Waals surface area contributed by atoms with Gasteiger partial charge in [0.25, 0.3) is 0 Å².